The number of primary amides is 1. The Morgan fingerprint density at radius 2 is 2.11 bits per heavy atom. The number of likely N-dealkylation sites (tertiary alicyclic amines) is 1. The number of nitrogens with two attached hydrogens (primary N) is 1. The molecule has 1 fully saturated rings. The molecule has 2 rings (SSSR count). The van der Waals surface area contributed by atoms with Crippen LogP contribution >= 0.6 is 11.6 Å². The third-order valence-corrected chi connectivity index (χ3v) is 3.59. The molecule has 6 heteroatoms. The average Bonchev–Trinajstić information content (AvgIpc) is 2.41. The Labute approximate surface area is 116 Å². The lowest BCUT2D eigenvalue weighted by Gasteiger charge is -2.33. The first-order valence-electron chi connectivity index (χ1n) is 6.09. The van der Waals surface area contributed by atoms with Gasteiger partial charge in [-0.2, -0.15) is 0 Å². The Balaban J connectivity index is 2.26. The molecule has 1 saturated heterocycles. The highest BCUT2D eigenvalue weighted by molar-refractivity contribution is 6.32. The van der Waals surface area contributed by atoms with Crippen molar-refractivity contribution in [1.29, 1.82) is 0 Å². The monoisotopic (exact) mass is 282 g/mol. The molecule has 19 heavy (non-hydrogen) atoms. The summed E-state index contributed by atoms with van der Waals surface area (Å²) in [4.78, 5) is 25.2. The molecule has 0 aliphatic carbocycles. The van der Waals surface area contributed by atoms with E-state index in [2.05, 4.69) is 0 Å². The number of rotatable bonds is 2. The van der Waals surface area contributed by atoms with Gasteiger partial charge < -0.3 is 15.7 Å². The molecule has 1 aromatic carbocycles. The number of carbonyl (C=O) groups excluding carboxylic acids is 2. The molecule has 0 radical (unpaired) electrons. The molecule has 1 unspecified atom stereocenters. The first kappa shape index (κ1) is 13.7. The number of piperidine rings is 1. The van der Waals surface area contributed by atoms with Gasteiger partial charge in [-0.05, 0) is 37.5 Å². The number of phenolic OH excluding ortho intramolecular Hbond substituents is 1. The first-order valence-corrected chi connectivity index (χ1v) is 6.47. The van der Waals surface area contributed by atoms with Crippen LogP contribution in [0.2, 0.25) is 5.02 Å². The molecular weight excluding hydrogens is 268 g/mol. The average molecular weight is 283 g/mol. The maximum Gasteiger partial charge on any atom is 0.254 e. The van der Waals surface area contributed by atoms with Crippen LogP contribution < -0.4 is 5.73 Å². The molecule has 0 spiro atoms. The van der Waals surface area contributed by atoms with Crippen molar-refractivity contribution in [3.05, 3.63) is 28.8 Å². The van der Waals surface area contributed by atoms with Crippen molar-refractivity contribution in [3.8, 4) is 5.75 Å². The molecule has 2 amide bonds. The van der Waals surface area contributed by atoms with Crippen LogP contribution in [0.4, 0.5) is 0 Å². The van der Waals surface area contributed by atoms with Gasteiger partial charge in [-0.3, -0.25) is 9.59 Å². The predicted molar refractivity (Wildman–Crippen MR) is 71.0 cm³/mol. The predicted octanol–water partition coefficient (Wildman–Crippen LogP) is 1.53. The zero-order chi connectivity index (χ0) is 14.0. The summed E-state index contributed by atoms with van der Waals surface area (Å²) in [6.45, 7) is 0.505. The maximum absolute atomic E-state index is 12.4. The lowest BCUT2D eigenvalue weighted by Crippen LogP contribution is -2.50. The fourth-order valence-corrected chi connectivity index (χ4v) is 2.46. The second-order valence-corrected chi connectivity index (χ2v) is 4.99. The Morgan fingerprint density at radius 1 is 1.37 bits per heavy atom. The van der Waals surface area contributed by atoms with Crippen LogP contribution in [0.3, 0.4) is 0 Å². The number of hydrogen-bond donors (Lipinski definition) is 2. The van der Waals surface area contributed by atoms with E-state index in [4.69, 9.17) is 17.3 Å². The largest absolute Gasteiger partial charge is 0.506 e. The highest BCUT2D eigenvalue weighted by atomic mass is 35.5. The van der Waals surface area contributed by atoms with Gasteiger partial charge >= 0.3 is 0 Å². The van der Waals surface area contributed by atoms with Gasteiger partial charge in [-0.25, -0.2) is 0 Å². The molecular formula is C13H15ClN2O3. The highest BCUT2D eigenvalue weighted by Gasteiger charge is 2.31. The molecule has 1 atom stereocenters. The van der Waals surface area contributed by atoms with E-state index >= 15 is 0 Å². The fraction of sp³-hybridized carbons (Fsp3) is 0.385. The van der Waals surface area contributed by atoms with E-state index < -0.39 is 11.9 Å². The minimum Gasteiger partial charge on any atom is -0.506 e. The second kappa shape index (κ2) is 5.48. The topological polar surface area (TPSA) is 83.6 Å². The summed E-state index contributed by atoms with van der Waals surface area (Å²) in [7, 11) is 0. The Bertz CT molecular complexity index is 519. The molecule has 3 N–H and O–H groups in total. The number of carbonyl (C=O) groups is 2. The van der Waals surface area contributed by atoms with Gasteiger partial charge in [0.25, 0.3) is 5.91 Å². The van der Waals surface area contributed by atoms with E-state index in [9.17, 15) is 14.7 Å². The van der Waals surface area contributed by atoms with Crippen molar-refractivity contribution < 1.29 is 14.7 Å². The maximum atomic E-state index is 12.4. The van der Waals surface area contributed by atoms with Crippen LogP contribution in [0.1, 0.15) is 29.6 Å². The lowest BCUT2D eigenvalue weighted by molar-refractivity contribution is -0.123. The SMILES string of the molecule is NC(=O)C1CCCCN1C(=O)c1ccc(O)c(Cl)c1. The van der Waals surface area contributed by atoms with Crippen molar-refractivity contribution in [2.45, 2.75) is 25.3 Å². The van der Waals surface area contributed by atoms with Gasteiger partial charge in [0.1, 0.15) is 11.8 Å². The molecule has 0 aromatic heterocycles. The quantitative estimate of drug-likeness (QED) is 0.863. The second-order valence-electron chi connectivity index (χ2n) is 4.58. The summed E-state index contributed by atoms with van der Waals surface area (Å²) < 4.78 is 0. The van der Waals surface area contributed by atoms with E-state index in [1.54, 1.807) is 0 Å². The molecule has 0 saturated carbocycles. The van der Waals surface area contributed by atoms with Crippen molar-refractivity contribution >= 4 is 23.4 Å². The molecule has 5 nitrogen and oxygen atoms in total. The van der Waals surface area contributed by atoms with Crippen LogP contribution in [0.25, 0.3) is 0 Å². The minimum absolute atomic E-state index is 0.0803. The van der Waals surface area contributed by atoms with Crippen molar-refractivity contribution in [2.24, 2.45) is 5.73 Å². The van der Waals surface area contributed by atoms with E-state index in [1.165, 1.54) is 23.1 Å². The Kier molecular flexibility index (Phi) is 3.95. The number of hydrogen-bond acceptors (Lipinski definition) is 3. The number of nitrogens with zero attached hydrogens (tertiary/aromatic N) is 1. The molecule has 102 valence electrons. The number of aromatic hydroxyl groups is 1. The first-order chi connectivity index (χ1) is 9.00. The van der Waals surface area contributed by atoms with Gasteiger partial charge in [0.15, 0.2) is 0 Å². The van der Waals surface area contributed by atoms with Crippen LogP contribution in [-0.2, 0) is 4.79 Å². The fourth-order valence-electron chi connectivity index (χ4n) is 2.28. The standard InChI is InChI=1S/C13H15ClN2O3/c14-9-7-8(4-5-11(9)17)13(19)16-6-2-1-3-10(16)12(15)18/h4-5,7,10,17H,1-3,6H2,(H2,15,18). The third-order valence-electron chi connectivity index (χ3n) is 3.29. The Morgan fingerprint density at radius 3 is 2.74 bits per heavy atom. The smallest absolute Gasteiger partial charge is 0.254 e. The molecule has 1 heterocycles. The van der Waals surface area contributed by atoms with Crippen molar-refractivity contribution in [1.82, 2.24) is 4.90 Å². The van der Waals surface area contributed by atoms with Crippen molar-refractivity contribution in [3.63, 3.8) is 0 Å². The normalized spacial score (nSPS) is 19.2. The molecule has 0 bridgehead atoms. The van der Waals surface area contributed by atoms with Crippen LogP contribution in [0.15, 0.2) is 18.2 Å². The van der Waals surface area contributed by atoms with Gasteiger partial charge in [-0.1, -0.05) is 11.6 Å². The van der Waals surface area contributed by atoms with Crippen LogP contribution in [-0.4, -0.2) is 34.4 Å². The van der Waals surface area contributed by atoms with Crippen LogP contribution in [0.5, 0.6) is 5.75 Å². The molecule has 1 aliphatic rings. The highest BCUT2D eigenvalue weighted by Crippen LogP contribution is 2.26. The van der Waals surface area contributed by atoms with E-state index in [1.807, 2.05) is 0 Å². The number of amides is 2. The summed E-state index contributed by atoms with van der Waals surface area (Å²) >= 11 is 5.78. The summed E-state index contributed by atoms with van der Waals surface area (Å²) in [6, 6.07) is 3.68. The zero-order valence-corrected chi connectivity index (χ0v) is 11.1. The number of halogens is 1. The van der Waals surface area contributed by atoms with Gasteiger partial charge in [0.2, 0.25) is 5.91 Å². The summed E-state index contributed by atoms with van der Waals surface area (Å²) in [6.07, 6.45) is 2.32. The van der Waals surface area contributed by atoms with Gasteiger partial charge in [0, 0.05) is 12.1 Å². The third kappa shape index (κ3) is 2.81. The van der Waals surface area contributed by atoms with E-state index in [0.717, 1.165) is 12.8 Å². The van der Waals surface area contributed by atoms with Crippen molar-refractivity contribution in [2.75, 3.05) is 6.54 Å². The summed E-state index contributed by atoms with van der Waals surface area (Å²) in [5.41, 5.74) is 5.67. The lowest BCUT2D eigenvalue weighted by atomic mass is 10.0. The molecule has 1 aromatic rings. The minimum atomic E-state index is -0.561. The summed E-state index contributed by atoms with van der Waals surface area (Å²) in [5, 5.41) is 9.45. The number of benzene rings is 1. The Hall–Kier alpha value is -1.75. The van der Waals surface area contributed by atoms with E-state index in [-0.39, 0.29) is 16.7 Å². The summed E-state index contributed by atoms with van der Waals surface area (Å²) in [5.74, 6) is -0.855. The zero-order valence-electron chi connectivity index (χ0n) is 10.3. The molecule has 1 aliphatic heterocycles. The van der Waals surface area contributed by atoms with E-state index in [0.29, 0.717) is 18.5 Å². The van der Waals surface area contributed by atoms with Crippen LogP contribution in [0, 0.1) is 0 Å². The number of phenols is 1. The van der Waals surface area contributed by atoms with Gasteiger partial charge in [-0.15, -0.1) is 0 Å². The van der Waals surface area contributed by atoms with Gasteiger partial charge in [0.05, 0.1) is 5.02 Å².